The van der Waals surface area contributed by atoms with Crippen molar-refractivity contribution < 1.29 is 18.0 Å². The van der Waals surface area contributed by atoms with Gasteiger partial charge in [0.25, 0.3) is 0 Å². The van der Waals surface area contributed by atoms with Gasteiger partial charge >= 0.3 is 6.18 Å². The van der Waals surface area contributed by atoms with Crippen molar-refractivity contribution in [3.63, 3.8) is 0 Å². The van der Waals surface area contributed by atoms with Gasteiger partial charge < -0.3 is 5.32 Å². The van der Waals surface area contributed by atoms with Crippen LogP contribution in [0.25, 0.3) is 0 Å². The summed E-state index contributed by atoms with van der Waals surface area (Å²) in [6.07, 6.45) is -4.39. The number of hydrogen-bond donors (Lipinski definition) is 3. The summed E-state index contributed by atoms with van der Waals surface area (Å²) in [6, 6.07) is 8.81. The van der Waals surface area contributed by atoms with Gasteiger partial charge in [-0.2, -0.15) is 13.2 Å². The Hall–Kier alpha value is -1.60. The lowest BCUT2D eigenvalue weighted by atomic mass is 9.94. The molecule has 1 saturated heterocycles. The van der Waals surface area contributed by atoms with Crippen LogP contribution < -0.4 is 16.2 Å². The van der Waals surface area contributed by atoms with E-state index in [1.54, 1.807) is 0 Å². The summed E-state index contributed by atoms with van der Waals surface area (Å²) >= 11 is 0. The van der Waals surface area contributed by atoms with Gasteiger partial charge in [0.2, 0.25) is 5.91 Å². The zero-order chi connectivity index (χ0) is 13.9. The summed E-state index contributed by atoms with van der Waals surface area (Å²) in [5.41, 5.74) is 6.58. The van der Waals surface area contributed by atoms with Crippen molar-refractivity contribution in [2.24, 2.45) is 5.92 Å². The van der Waals surface area contributed by atoms with Gasteiger partial charge in [-0.15, -0.1) is 0 Å². The third-order valence-corrected chi connectivity index (χ3v) is 2.94. The number of rotatable bonds is 3. The number of nitrogens with one attached hydrogen (secondary N) is 3. The first kappa shape index (κ1) is 13.8. The minimum Gasteiger partial charge on any atom is -0.347 e. The second kappa shape index (κ2) is 5.58. The normalized spacial score (nSPS) is 23.3. The molecule has 1 aromatic carbocycles. The third kappa shape index (κ3) is 3.68. The quantitative estimate of drug-likeness (QED) is 0.774. The van der Waals surface area contributed by atoms with Crippen LogP contribution in [0.3, 0.4) is 0 Å². The Labute approximate surface area is 108 Å². The largest absolute Gasteiger partial charge is 0.405 e. The second-order valence-corrected chi connectivity index (χ2v) is 4.35. The molecule has 0 aliphatic carbocycles. The zero-order valence-electron chi connectivity index (χ0n) is 10.00. The van der Waals surface area contributed by atoms with Crippen LogP contribution in [0.15, 0.2) is 30.3 Å². The molecule has 0 spiro atoms. The molecule has 0 aromatic heterocycles. The van der Waals surface area contributed by atoms with Gasteiger partial charge in [0.05, 0.1) is 12.0 Å². The van der Waals surface area contributed by atoms with Crippen molar-refractivity contribution in [1.29, 1.82) is 0 Å². The van der Waals surface area contributed by atoms with Crippen LogP contribution in [0.5, 0.6) is 0 Å². The monoisotopic (exact) mass is 273 g/mol. The molecule has 1 aliphatic heterocycles. The summed E-state index contributed by atoms with van der Waals surface area (Å²) in [6.45, 7) is -1.01. The van der Waals surface area contributed by atoms with E-state index in [9.17, 15) is 18.0 Å². The van der Waals surface area contributed by atoms with Crippen molar-refractivity contribution in [2.45, 2.75) is 12.2 Å². The van der Waals surface area contributed by atoms with Crippen LogP contribution in [-0.2, 0) is 4.79 Å². The maximum Gasteiger partial charge on any atom is 0.405 e. The summed E-state index contributed by atoms with van der Waals surface area (Å²) in [7, 11) is 0. The van der Waals surface area contributed by atoms with Crippen molar-refractivity contribution in [2.75, 3.05) is 13.1 Å². The number of halogens is 3. The second-order valence-electron chi connectivity index (χ2n) is 4.35. The molecule has 1 aliphatic rings. The minimum atomic E-state index is -4.39. The molecule has 7 heteroatoms. The Morgan fingerprint density at radius 2 is 2.00 bits per heavy atom. The predicted octanol–water partition coefficient (Wildman–Crippen LogP) is 1.13. The molecule has 4 nitrogen and oxygen atoms in total. The third-order valence-electron chi connectivity index (χ3n) is 2.94. The van der Waals surface area contributed by atoms with Crippen LogP contribution in [0.1, 0.15) is 11.6 Å². The average Bonchev–Trinajstić information content (AvgIpc) is 2.85. The molecule has 0 saturated carbocycles. The van der Waals surface area contributed by atoms with Crippen molar-refractivity contribution >= 4 is 5.91 Å². The molecule has 2 rings (SSSR count). The maximum absolute atomic E-state index is 12.1. The molecule has 1 amide bonds. The average molecular weight is 273 g/mol. The number of carbonyl (C=O) groups is 1. The van der Waals surface area contributed by atoms with Gasteiger partial charge in [-0.05, 0) is 5.56 Å². The molecule has 1 fully saturated rings. The highest BCUT2D eigenvalue weighted by atomic mass is 19.4. The zero-order valence-corrected chi connectivity index (χ0v) is 10.00. The SMILES string of the molecule is O=C(NCC(F)(F)F)C1CNNC1c1ccccc1. The molecular weight excluding hydrogens is 259 g/mol. The fraction of sp³-hybridized carbons (Fsp3) is 0.417. The first-order valence-electron chi connectivity index (χ1n) is 5.85. The first-order chi connectivity index (χ1) is 8.97. The van der Waals surface area contributed by atoms with Crippen molar-refractivity contribution in [1.82, 2.24) is 16.2 Å². The summed E-state index contributed by atoms with van der Waals surface area (Å²) < 4.78 is 36.2. The van der Waals surface area contributed by atoms with E-state index in [-0.39, 0.29) is 6.04 Å². The maximum atomic E-state index is 12.1. The lowest BCUT2D eigenvalue weighted by Gasteiger charge is -2.18. The van der Waals surface area contributed by atoms with Gasteiger partial charge in [0, 0.05) is 6.54 Å². The van der Waals surface area contributed by atoms with E-state index in [2.05, 4.69) is 10.9 Å². The molecule has 0 radical (unpaired) electrons. The highest BCUT2D eigenvalue weighted by molar-refractivity contribution is 5.80. The number of alkyl halides is 3. The fourth-order valence-electron chi connectivity index (χ4n) is 2.04. The van der Waals surface area contributed by atoms with E-state index in [1.165, 1.54) is 0 Å². The first-order valence-corrected chi connectivity index (χ1v) is 5.85. The predicted molar refractivity (Wildman–Crippen MR) is 62.9 cm³/mol. The van der Waals surface area contributed by atoms with E-state index in [0.29, 0.717) is 6.54 Å². The van der Waals surface area contributed by atoms with Gasteiger partial charge in [-0.3, -0.25) is 10.2 Å². The Kier molecular flexibility index (Phi) is 4.06. The minimum absolute atomic E-state index is 0.295. The number of carbonyl (C=O) groups excluding carboxylic acids is 1. The highest BCUT2D eigenvalue weighted by Crippen LogP contribution is 2.25. The summed E-state index contributed by atoms with van der Waals surface area (Å²) in [5.74, 6) is -1.17. The molecule has 104 valence electrons. The molecule has 3 N–H and O–H groups in total. The van der Waals surface area contributed by atoms with E-state index in [1.807, 2.05) is 35.6 Å². The Balaban J connectivity index is 2.01. The van der Waals surface area contributed by atoms with E-state index < -0.39 is 24.5 Å². The molecule has 1 heterocycles. The van der Waals surface area contributed by atoms with Crippen molar-refractivity contribution in [3.05, 3.63) is 35.9 Å². The van der Waals surface area contributed by atoms with Crippen LogP contribution in [0.4, 0.5) is 13.2 Å². The highest BCUT2D eigenvalue weighted by Gasteiger charge is 2.36. The van der Waals surface area contributed by atoms with Gasteiger partial charge in [-0.1, -0.05) is 30.3 Å². The molecular formula is C12H14F3N3O. The smallest absolute Gasteiger partial charge is 0.347 e. The van der Waals surface area contributed by atoms with Crippen molar-refractivity contribution in [3.8, 4) is 0 Å². The van der Waals surface area contributed by atoms with Crippen LogP contribution in [0.2, 0.25) is 0 Å². The topological polar surface area (TPSA) is 53.2 Å². The van der Waals surface area contributed by atoms with E-state index in [0.717, 1.165) is 5.56 Å². The van der Waals surface area contributed by atoms with Crippen LogP contribution in [-0.4, -0.2) is 25.2 Å². The van der Waals surface area contributed by atoms with Crippen LogP contribution in [0, 0.1) is 5.92 Å². The number of hydrazine groups is 1. The summed E-state index contributed by atoms with van der Waals surface area (Å²) in [4.78, 5) is 11.8. The number of benzene rings is 1. The molecule has 2 atom stereocenters. The summed E-state index contributed by atoms with van der Waals surface area (Å²) in [5, 5.41) is 1.92. The molecule has 0 bridgehead atoms. The fourth-order valence-corrected chi connectivity index (χ4v) is 2.04. The van der Waals surface area contributed by atoms with E-state index >= 15 is 0 Å². The van der Waals surface area contributed by atoms with Gasteiger partial charge in [0.1, 0.15) is 6.54 Å². The Bertz CT molecular complexity index is 436. The van der Waals surface area contributed by atoms with E-state index in [4.69, 9.17) is 0 Å². The molecule has 2 unspecified atom stereocenters. The number of hydrogen-bond acceptors (Lipinski definition) is 3. The Morgan fingerprint density at radius 3 is 2.63 bits per heavy atom. The van der Waals surface area contributed by atoms with Gasteiger partial charge in [0.15, 0.2) is 0 Å². The molecule has 19 heavy (non-hydrogen) atoms. The standard InChI is InChI=1S/C12H14F3N3O/c13-12(14,15)7-16-11(19)9-6-17-18-10(9)8-4-2-1-3-5-8/h1-5,9-10,17-18H,6-7H2,(H,16,19). The van der Waals surface area contributed by atoms with Crippen LogP contribution >= 0.6 is 0 Å². The Morgan fingerprint density at radius 1 is 1.32 bits per heavy atom. The molecule has 1 aromatic rings. The lowest BCUT2D eigenvalue weighted by Crippen LogP contribution is -2.40. The number of amides is 1. The van der Waals surface area contributed by atoms with Gasteiger partial charge in [-0.25, -0.2) is 5.43 Å². The lowest BCUT2D eigenvalue weighted by molar-refractivity contribution is -0.140.